The van der Waals surface area contributed by atoms with Gasteiger partial charge < -0.3 is 9.15 Å². The van der Waals surface area contributed by atoms with E-state index in [-0.39, 0.29) is 23.3 Å². The monoisotopic (exact) mass is 350 g/mol. The molecule has 1 aromatic carbocycles. The van der Waals surface area contributed by atoms with Gasteiger partial charge in [0.1, 0.15) is 6.26 Å². The Morgan fingerprint density at radius 3 is 2.62 bits per heavy atom. The van der Waals surface area contributed by atoms with E-state index in [0.717, 1.165) is 6.26 Å². The number of amides is 1. The molecule has 1 fully saturated rings. The number of benzene rings is 1. The predicted octanol–water partition coefficient (Wildman–Crippen LogP) is 1.83. The highest BCUT2D eigenvalue weighted by molar-refractivity contribution is 7.90. The summed E-state index contributed by atoms with van der Waals surface area (Å²) in [7, 11) is -3.72. The molecule has 0 saturated carbocycles. The van der Waals surface area contributed by atoms with Crippen LogP contribution in [0.25, 0.3) is 11.5 Å². The van der Waals surface area contributed by atoms with Crippen LogP contribution < -0.4 is 4.72 Å². The third-order valence-electron chi connectivity index (χ3n) is 3.80. The Kier molecular flexibility index (Phi) is 4.96. The van der Waals surface area contributed by atoms with Crippen LogP contribution in [0.2, 0.25) is 0 Å². The molecule has 2 heterocycles. The molecule has 24 heavy (non-hydrogen) atoms. The standard InChI is InChI=1S/C16H18N2O5S/c19-15(18-24(20,21)11-12-6-8-22-9-7-12)14-10-23-16(17-14)13-4-2-1-3-5-13/h1-5,10,12H,6-9,11H2,(H,18,19). The Morgan fingerprint density at radius 2 is 1.92 bits per heavy atom. The number of oxazole rings is 1. The molecule has 2 aromatic rings. The highest BCUT2D eigenvalue weighted by Gasteiger charge is 2.25. The average molecular weight is 350 g/mol. The number of rotatable bonds is 5. The fourth-order valence-corrected chi connectivity index (χ4v) is 3.97. The first-order valence-electron chi connectivity index (χ1n) is 7.67. The lowest BCUT2D eigenvalue weighted by Crippen LogP contribution is -2.36. The van der Waals surface area contributed by atoms with E-state index in [9.17, 15) is 13.2 Å². The zero-order valence-electron chi connectivity index (χ0n) is 13.0. The largest absolute Gasteiger partial charge is 0.444 e. The molecule has 8 heteroatoms. The minimum atomic E-state index is -3.72. The maximum atomic E-state index is 12.1. The molecule has 1 saturated heterocycles. The van der Waals surface area contributed by atoms with Gasteiger partial charge in [0.25, 0.3) is 5.91 Å². The molecule has 1 N–H and O–H groups in total. The van der Waals surface area contributed by atoms with Gasteiger partial charge in [-0.1, -0.05) is 18.2 Å². The first-order chi connectivity index (χ1) is 11.5. The third kappa shape index (κ3) is 4.21. The third-order valence-corrected chi connectivity index (χ3v) is 5.21. The van der Waals surface area contributed by atoms with Gasteiger partial charge in [0, 0.05) is 18.8 Å². The van der Waals surface area contributed by atoms with Crippen molar-refractivity contribution in [3.8, 4) is 11.5 Å². The molecule has 0 atom stereocenters. The highest BCUT2D eigenvalue weighted by Crippen LogP contribution is 2.19. The van der Waals surface area contributed by atoms with Crippen molar-refractivity contribution in [1.29, 1.82) is 0 Å². The summed E-state index contributed by atoms with van der Waals surface area (Å²) in [6.45, 7) is 1.11. The molecule has 1 amide bonds. The van der Waals surface area contributed by atoms with E-state index in [1.165, 1.54) is 0 Å². The van der Waals surface area contributed by atoms with E-state index in [2.05, 4.69) is 9.71 Å². The molecule has 1 aliphatic heterocycles. The van der Waals surface area contributed by atoms with Crippen molar-refractivity contribution in [2.24, 2.45) is 5.92 Å². The summed E-state index contributed by atoms with van der Waals surface area (Å²) in [6, 6.07) is 9.06. The predicted molar refractivity (Wildman–Crippen MR) is 86.7 cm³/mol. The number of nitrogens with one attached hydrogen (secondary N) is 1. The minimum absolute atomic E-state index is 0.00115. The summed E-state index contributed by atoms with van der Waals surface area (Å²) >= 11 is 0. The first-order valence-corrected chi connectivity index (χ1v) is 9.32. The number of carbonyl (C=O) groups excluding carboxylic acids is 1. The number of ether oxygens (including phenoxy) is 1. The van der Waals surface area contributed by atoms with E-state index in [4.69, 9.17) is 9.15 Å². The van der Waals surface area contributed by atoms with E-state index in [1.54, 1.807) is 12.1 Å². The van der Waals surface area contributed by atoms with Crippen LogP contribution in [0, 0.1) is 5.92 Å². The van der Waals surface area contributed by atoms with E-state index < -0.39 is 15.9 Å². The van der Waals surface area contributed by atoms with Crippen LogP contribution >= 0.6 is 0 Å². The number of carbonyl (C=O) groups is 1. The Balaban J connectivity index is 1.65. The molecule has 0 aliphatic carbocycles. The van der Waals surface area contributed by atoms with Gasteiger partial charge in [0.15, 0.2) is 5.69 Å². The molecule has 3 rings (SSSR count). The van der Waals surface area contributed by atoms with Gasteiger partial charge in [-0.15, -0.1) is 0 Å². The Morgan fingerprint density at radius 1 is 1.21 bits per heavy atom. The number of hydrogen-bond donors (Lipinski definition) is 1. The van der Waals surface area contributed by atoms with Crippen molar-refractivity contribution < 1.29 is 22.4 Å². The van der Waals surface area contributed by atoms with Crippen LogP contribution in [0.15, 0.2) is 41.0 Å². The second-order valence-electron chi connectivity index (χ2n) is 5.67. The van der Waals surface area contributed by atoms with Crippen LogP contribution in [-0.2, 0) is 14.8 Å². The molecule has 7 nitrogen and oxygen atoms in total. The molecule has 0 radical (unpaired) electrons. The van der Waals surface area contributed by atoms with Gasteiger partial charge >= 0.3 is 0 Å². The SMILES string of the molecule is O=C(NS(=O)(=O)CC1CCOCC1)c1coc(-c2ccccc2)n1. The molecule has 1 aromatic heterocycles. The lowest BCUT2D eigenvalue weighted by atomic mass is 10.0. The smallest absolute Gasteiger partial charge is 0.286 e. The molecular formula is C16H18N2O5S. The first kappa shape index (κ1) is 16.7. The van der Waals surface area contributed by atoms with Crippen molar-refractivity contribution in [1.82, 2.24) is 9.71 Å². The molecule has 1 aliphatic rings. The lowest BCUT2D eigenvalue weighted by molar-refractivity contribution is 0.0722. The molecule has 0 unspecified atom stereocenters. The second kappa shape index (κ2) is 7.14. The maximum Gasteiger partial charge on any atom is 0.286 e. The number of sulfonamides is 1. The summed E-state index contributed by atoms with van der Waals surface area (Å²) in [6.07, 6.45) is 2.51. The van der Waals surface area contributed by atoms with Gasteiger partial charge in [0.05, 0.1) is 5.75 Å². The fraction of sp³-hybridized carbons (Fsp3) is 0.375. The van der Waals surface area contributed by atoms with Crippen molar-refractivity contribution in [3.63, 3.8) is 0 Å². The number of aromatic nitrogens is 1. The average Bonchev–Trinajstić information content (AvgIpc) is 3.06. The lowest BCUT2D eigenvalue weighted by Gasteiger charge is -2.21. The van der Waals surface area contributed by atoms with Crippen LogP contribution in [0.1, 0.15) is 23.3 Å². The fourth-order valence-electron chi connectivity index (χ4n) is 2.55. The van der Waals surface area contributed by atoms with Crippen molar-refractivity contribution in [2.45, 2.75) is 12.8 Å². The van der Waals surface area contributed by atoms with Gasteiger partial charge in [-0.2, -0.15) is 0 Å². The molecule has 0 bridgehead atoms. The van der Waals surface area contributed by atoms with Crippen molar-refractivity contribution >= 4 is 15.9 Å². The normalized spacial score (nSPS) is 16.0. The van der Waals surface area contributed by atoms with E-state index in [1.807, 2.05) is 18.2 Å². The summed E-state index contributed by atoms with van der Waals surface area (Å²) in [4.78, 5) is 16.2. The van der Waals surface area contributed by atoms with E-state index >= 15 is 0 Å². The molecule has 0 spiro atoms. The van der Waals surface area contributed by atoms with Crippen molar-refractivity contribution in [3.05, 3.63) is 42.3 Å². The van der Waals surface area contributed by atoms with Gasteiger partial charge in [0.2, 0.25) is 15.9 Å². The van der Waals surface area contributed by atoms with Gasteiger partial charge in [-0.3, -0.25) is 4.79 Å². The summed E-state index contributed by atoms with van der Waals surface area (Å²) in [5.74, 6) is -0.609. The molecule has 128 valence electrons. The van der Waals surface area contributed by atoms with Crippen LogP contribution in [0.3, 0.4) is 0 Å². The number of nitrogens with zero attached hydrogens (tertiary/aromatic N) is 1. The topological polar surface area (TPSA) is 98.5 Å². The van der Waals surface area contributed by atoms with E-state index in [0.29, 0.717) is 31.6 Å². The minimum Gasteiger partial charge on any atom is -0.444 e. The maximum absolute atomic E-state index is 12.1. The van der Waals surface area contributed by atoms with Crippen LogP contribution in [-0.4, -0.2) is 38.3 Å². The second-order valence-corrected chi connectivity index (χ2v) is 7.44. The van der Waals surface area contributed by atoms with Crippen LogP contribution in [0.4, 0.5) is 0 Å². The van der Waals surface area contributed by atoms with Gasteiger partial charge in [-0.25, -0.2) is 18.1 Å². The highest BCUT2D eigenvalue weighted by atomic mass is 32.2. The summed E-state index contributed by atoms with van der Waals surface area (Å²) < 4.78 is 36.8. The Labute approximate surface area is 140 Å². The molecular weight excluding hydrogens is 332 g/mol. The van der Waals surface area contributed by atoms with Crippen molar-refractivity contribution in [2.75, 3.05) is 19.0 Å². The summed E-state index contributed by atoms with van der Waals surface area (Å²) in [5, 5.41) is 0. The van der Waals surface area contributed by atoms with Crippen LogP contribution in [0.5, 0.6) is 0 Å². The summed E-state index contributed by atoms with van der Waals surface area (Å²) in [5.41, 5.74) is 0.644. The number of hydrogen-bond acceptors (Lipinski definition) is 6. The quantitative estimate of drug-likeness (QED) is 0.883. The zero-order chi connectivity index (χ0) is 17.0. The van der Waals surface area contributed by atoms with Gasteiger partial charge in [-0.05, 0) is 30.9 Å². The Bertz CT molecular complexity index is 795. The zero-order valence-corrected chi connectivity index (χ0v) is 13.8. The Hall–Kier alpha value is -2.19.